The Morgan fingerprint density at radius 1 is 1.00 bits per heavy atom. The monoisotopic (exact) mass is 457 g/mol. The van der Waals surface area contributed by atoms with E-state index in [1.54, 1.807) is 38.1 Å². The SMILES string of the molecule is COc1ccc(N[C@@]2(C(F)(F)F)O[C@@H]3O[C@]4(C)CC[C@H]5[C@H](C)CC[C@@H]([C@H]2C)C35OO4)cc1. The summed E-state index contributed by atoms with van der Waals surface area (Å²) in [7, 11) is 1.51. The fourth-order valence-electron chi connectivity index (χ4n) is 6.37. The smallest absolute Gasteiger partial charge is 0.436 e. The second-order valence-electron chi connectivity index (χ2n) is 9.90. The zero-order chi connectivity index (χ0) is 22.9. The minimum atomic E-state index is -4.71. The van der Waals surface area contributed by atoms with Gasteiger partial charge in [0.1, 0.15) is 5.75 Å². The standard InChI is InChI=1S/C23H30F3NO5/c1-13-5-10-18-14(2)22(23(24,25)26,27-15-6-8-16(28-4)9-7-15)30-19-21(18)17(13)11-12-20(3,29-19)31-32-21/h6-9,13-14,17-19,27H,5,10-12H2,1-4H3/t13-,14-,17+,18+,19+,20+,21?,22-/m1/s1. The summed E-state index contributed by atoms with van der Waals surface area (Å²) < 4.78 is 61.7. The molecular weight excluding hydrogens is 427 g/mol. The highest BCUT2D eigenvalue weighted by atomic mass is 19.4. The van der Waals surface area contributed by atoms with Gasteiger partial charge in [-0.3, -0.25) is 0 Å². The Bertz CT molecular complexity index is 866. The van der Waals surface area contributed by atoms with Crippen LogP contribution in [0.2, 0.25) is 0 Å². The quantitative estimate of drug-likeness (QED) is 0.626. The molecule has 4 aliphatic heterocycles. The lowest BCUT2D eigenvalue weighted by Crippen LogP contribution is -2.77. The molecule has 9 heteroatoms. The van der Waals surface area contributed by atoms with Crippen LogP contribution in [0.4, 0.5) is 18.9 Å². The van der Waals surface area contributed by atoms with Crippen LogP contribution in [0.25, 0.3) is 0 Å². The van der Waals surface area contributed by atoms with Crippen molar-refractivity contribution in [3.8, 4) is 5.75 Å². The summed E-state index contributed by atoms with van der Waals surface area (Å²) in [6, 6.07) is 6.34. The Morgan fingerprint density at radius 3 is 2.38 bits per heavy atom. The summed E-state index contributed by atoms with van der Waals surface area (Å²) in [6.45, 7) is 5.42. The normalized spacial score (nSPS) is 45.7. The number of benzene rings is 1. The number of rotatable bonds is 3. The summed E-state index contributed by atoms with van der Waals surface area (Å²) in [5, 5.41) is 2.69. The van der Waals surface area contributed by atoms with Crippen LogP contribution in [-0.4, -0.2) is 36.7 Å². The first-order chi connectivity index (χ1) is 15.0. The third-order valence-corrected chi connectivity index (χ3v) is 8.15. The molecule has 1 spiro atoms. The van der Waals surface area contributed by atoms with Gasteiger partial charge in [0, 0.05) is 23.9 Å². The maximum Gasteiger partial charge on any atom is 0.436 e. The first-order valence-electron chi connectivity index (χ1n) is 11.3. The zero-order valence-corrected chi connectivity index (χ0v) is 18.7. The summed E-state index contributed by atoms with van der Waals surface area (Å²) >= 11 is 0. The van der Waals surface area contributed by atoms with E-state index in [-0.39, 0.29) is 17.5 Å². The third-order valence-electron chi connectivity index (χ3n) is 8.15. The minimum Gasteiger partial charge on any atom is -0.497 e. The number of fused-ring (bicyclic) bond motifs is 2. The van der Waals surface area contributed by atoms with Crippen molar-refractivity contribution in [2.45, 2.75) is 76.0 Å². The van der Waals surface area contributed by atoms with E-state index in [0.717, 1.165) is 12.8 Å². The molecule has 6 nitrogen and oxygen atoms in total. The molecule has 4 heterocycles. The first-order valence-corrected chi connectivity index (χ1v) is 11.3. The number of halogens is 3. The van der Waals surface area contributed by atoms with Crippen molar-refractivity contribution < 1.29 is 37.2 Å². The van der Waals surface area contributed by atoms with Crippen LogP contribution in [0, 0.1) is 23.7 Å². The van der Waals surface area contributed by atoms with Gasteiger partial charge in [0.25, 0.3) is 0 Å². The van der Waals surface area contributed by atoms with Gasteiger partial charge in [0.2, 0.25) is 11.5 Å². The van der Waals surface area contributed by atoms with Gasteiger partial charge in [-0.1, -0.05) is 13.8 Å². The molecule has 8 atom stereocenters. The van der Waals surface area contributed by atoms with E-state index in [2.05, 4.69) is 12.2 Å². The lowest BCUT2D eigenvalue weighted by Gasteiger charge is -2.63. The van der Waals surface area contributed by atoms with Crippen molar-refractivity contribution in [1.29, 1.82) is 0 Å². The number of alkyl halides is 3. The number of anilines is 1. The lowest BCUT2D eigenvalue weighted by atomic mass is 9.56. The number of nitrogens with one attached hydrogen (secondary N) is 1. The summed E-state index contributed by atoms with van der Waals surface area (Å²) in [4.78, 5) is 11.7. The van der Waals surface area contributed by atoms with Crippen molar-refractivity contribution in [1.82, 2.24) is 0 Å². The van der Waals surface area contributed by atoms with Gasteiger partial charge in [0.15, 0.2) is 11.9 Å². The molecule has 1 unspecified atom stereocenters. The van der Waals surface area contributed by atoms with E-state index in [9.17, 15) is 13.2 Å². The molecule has 0 amide bonds. The van der Waals surface area contributed by atoms with Crippen LogP contribution in [0.1, 0.15) is 46.5 Å². The highest BCUT2D eigenvalue weighted by molar-refractivity contribution is 5.49. The highest BCUT2D eigenvalue weighted by Gasteiger charge is 2.76. The number of methoxy groups -OCH3 is 1. The van der Waals surface area contributed by atoms with Crippen LogP contribution >= 0.6 is 0 Å². The molecule has 0 radical (unpaired) electrons. The van der Waals surface area contributed by atoms with Crippen molar-refractivity contribution in [3.63, 3.8) is 0 Å². The Balaban J connectivity index is 1.60. The summed E-state index contributed by atoms with van der Waals surface area (Å²) in [5.74, 6) is -1.74. The minimum absolute atomic E-state index is 0.00903. The average Bonchev–Trinajstić information content (AvgIpc) is 2.97. The molecule has 2 bridgehead atoms. The van der Waals surface area contributed by atoms with E-state index in [4.69, 9.17) is 24.0 Å². The second kappa shape index (κ2) is 7.22. The van der Waals surface area contributed by atoms with Crippen molar-refractivity contribution in [2.75, 3.05) is 12.4 Å². The highest BCUT2D eigenvalue weighted by Crippen LogP contribution is 2.64. The molecule has 1 N–H and O–H groups in total. The van der Waals surface area contributed by atoms with Crippen LogP contribution in [0.3, 0.4) is 0 Å². The Hall–Kier alpha value is -1.55. The van der Waals surface area contributed by atoms with Crippen LogP contribution in [-0.2, 0) is 19.2 Å². The molecule has 1 aliphatic carbocycles. The zero-order valence-electron chi connectivity index (χ0n) is 18.7. The van der Waals surface area contributed by atoms with Gasteiger partial charge in [-0.2, -0.15) is 13.2 Å². The second-order valence-corrected chi connectivity index (χ2v) is 9.90. The van der Waals surface area contributed by atoms with E-state index < -0.39 is 41.4 Å². The predicted molar refractivity (Wildman–Crippen MR) is 108 cm³/mol. The summed E-state index contributed by atoms with van der Waals surface area (Å²) in [6.07, 6.45) is -3.22. The molecule has 0 aromatic heterocycles. The Labute approximate surface area is 185 Å². The maximum atomic E-state index is 14.8. The van der Waals surface area contributed by atoms with Gasteiger partial charge in [-0.05, 0) is 62.3 Å². The Kier molecular flexibility index (Phi) is 5.02. The van der Waals surface area contributed by atoms with Crippen LogP contribution in [0.5, 0.6) is 5.75 Å². The molecule has 1 aromatic rings. The van der Waals surface area contributed by atoms with Crippen molar-refractivity contribution in [3.05, 3.63) is 24.3 Å². The summed E-state index contributed by atoms with van der Waals surface area (Å²) in [5.41, 5.74) is -3.42. The fourth-order valence-corrected chi connectivity index (χ4v) is 6.37. The Morgan fingerprint density at radius 2 is 1.72 bits per heavy atom. The fraction of sp³-hybridized carbons (Fsp3) is 0.739. The van der Waals surface area contributed by atoms with Crippen LogP contribution in [0.15, 0.2) is 24.3 Å². The van der Waals surface area contributed by atoms with Crippen molar-refractivity contribution in [2.24, 2.45) is 23.7 Å². The molecule has 4 saturated heterocycles. The van der Waals surface area contributed by atoms with Gasteiger partial charge >= 0.3 is 6.18 Å². The van der Waals surface area contributed by atoms with Gasteiger partial charge in [0.05, 0.1) is 7.11 Å². The average molecular weight is 457 g/mol. The van der Waals surface area contributed by atoms with E-state index in [0.29, 0.717) is 18.6 Å². The first kappa shape index (κ1) is 22.3. The molecule has 1 aromatic carbocycles. The van der Waals surface area contributed by atoms with Gasteiger partial charge in [-0.25, -0.2) is 9.78 Å². The molecule has 1 saturated carbocycles. The van der Waals surface area contributed by atoms with Gasteiger partial charge < -0.3 is 19.5 Å². The molecular formula is C23H30F3NO5. The largest absolute Gasteiger partial charge is 0.497 e. The molecule has 32 heavy (non-hydrogen) atoms. The van der Waals surface area contributed by atoms with Crippen LogP contribution < -0.4 is 10.1 Å². The van der Waals surface area contributed by atoms with E-state index in [1.807, 2.05) is 0 Å². The maximum absolute atomic E-state index is 14.8. The number of ether oxygens (including phenoxy) is 3. The van der Waals surface area contributed by atoms with Gasteiger partial charge in [-0.15, -0.1) is 0 Å². The van der Waals surface area contributed by atoms with E-state index in [1.165, 1.54) is 7.11 Å². The molecule has 178 valence electrons. The molecule has 5 aliphatic rings. The molecule has 5 fully saturated rings. The van der Waals surface area contributed by atoms with E-state index >= 15 is 0 Å². The topological polar surface area (TPSA) is 58.2 Å². The number of hydrogen-bond acceptors (Lipinski definition) is 6. The van der Waals surface area contributed by atoms with Crippen molar-refractivity contribution >= 4 is 5.69 Å². The third kappa shape index (κ3) is 3.01. The molecule has 6 rings (SSSR count). The lowest BCUT2D eigenvalue weighted by molar-refractivity contribution is -0.582. The predicted octanol–water partition coefficient (Wildman–Crippen LogP) is 5.25. The number of hydrogen-bond donors (Lipinski definition) is 1.